The van der Waals surface area contributed by atoms with Gasteiger partial charge in [0.15, 0.2) is 0 Å². The Hall–Kier alpha value is -0.180. The molecule has 25 heavy (non-hydrogen) atoms. The molecule has 0 spiro atoms. The zero-order valence-electron chi connectivity index (χ0n) is 15.9. The van der Waals surface area contributed by atoms with Gasteiger partial charge in [0, 0.05) is 0 Å². The van der Waals surface area contributed by atoms with Crippen LogP contribution in [0.15, 0.2) is 0 Å². The van der Waals surface area contributed by atoms with Gasteiger partial charge in [0.1, 0.15) is 0 Å². The first-order chi connectivity index (χ1) is 11.8. The van der Waals surface area contributed by atoms with Crippen LogP contribution in [0.2, 0.25) is 0 Å². The predicted molar refractivity (Wildman–Crippen MR) is 101 cm³/mol. The average molecular weight is 401 g/mol. The molecule has 0 bridgehead atoms. The molecule has 0 saturated carbocycles. The summed E-state index contributed by atoms with van der Waals surface area (Å²) in [4.78, 5) is 0. The van der Waals surface area contributed by atoms with E-state index in [2.05, 4.69) is 13.8 Å². The van der Waals surface area contributed by atoms with Crippen molar-refractivity contribution in [1.29, 1.82) is 0 Å². The second-order valence-electron chi connectivity index (χ2n) is 6.41. The summed E-state index contributed by atoms with van der Waals surface area (Å²) in [6.45, 7) is 4.32. The summed E-state index contributed by atoms with van der Waals surface area (Å²) in [6, 6.07) is 0. The van der Waals surface area contributed by atoms with Gasteiger partial charge in [0.25, 0.3) is 20.2 Å². The molecule has 0 rings (SSSR count). The molecule has 0 aromatic heterocycles. The van der Waals surface area contributed by atoms with Crippen LogP contribution in [0.5, 0.6) is 0 Å². The fourth-order valence-corrected chi connectivity index (χ4v) is 5.08. The van der Waals surface area contributed by atoms with E-state index in [9.17, 15) is 16.8 Å². The highest BCUT2D eigenvalue weighted by Gasteiger charge is 2.23. The molecule has 0 aromatic rings. The number of hydrogen-bond donors (Lipinski definition) is 0. The molecule has 0 unspecified atom stereocenters. The summed E-state index contributed by atoms with van der Waals surface area (Å²) < 4.78 is 56.3. The molecule has 0 aliphatic heterocycles. The Morgan fingerprint density at radius 2 is 0.840 bits per heavy atom. The summed E-state index contributed by atoms with van der Waals surface area (Å²) in [5, 5.41) is -1.11. The highest BCUT2D eigenvalue weighted by atomic mass is 32.3. The molecule has 0 aliphatic rings. The lowest BCUT2D eigenvalue weighted by atomic mass is 10.1. The Morgan fingerprint density at radius 1 is 0.520 bits per heavy atom. The lowest BCUT2D eigenvalue weighted by Crippen LogP contribution is -2.21. The van der Waals surface area contributed by atoms with Crippen molar-refractivity contribution in [3.05, 3.63) is 0 Å². The van der Waals surface area contributed by atoms with E-state index in [1.165, 1.54) is 12.8 Å². The molecule has 0 heterocycles. The number of hydrogen-bond acceptors (Lipinski definition) is 6. The quantitative estimate of drug-likeness (QED) is 0.251. The van der Waals surface area contributed by atoms with Crippen molar-refractivity contribution in [3.8, 4) is 0 Å². The van der Waals surface area contributed by atoms with Crippen LogP contribution in [0.3, 0.4) is 0 Å². The van der Waals surface area contributed by atoms with Gasteiger partial charge in [0.05, 0.1) is 13.2 Å². The third-order valence-electron chi connectivity index (χ3n) is 3.81. The van der Waals surface area contributed by atoms with E-state index in [0.717, 1.165) is 51.4 Å². The molecule has 8 heteroatoms. The van der Waals surface area contributed by atoms with Crippen molar-refractivity contribution in [2.45, 2.75) is 90.9 Å². The molecule has 0 radical (unpaired) electrons. The van der Waals surface area contributed by atoms with Gasteiger partial charge >= 0.3 is 0 Å². The third kappa shape index (κ3) is 17.0. The minimum atomic E-state index is -4.10. The lowest BCUT2D eigenvalue weighted by molar-refractivity contribution is 0.298. The van der Waals surface area contributed by atoms with Gasteiger partial charge in [-0.05, 0) is 12.8 Å². The van der Waals surface area contributed by atoms with Crippen molar-refractivity contribution in [2.75, 3.05) is 18.3 Å². The van der Waals surface area contributed by atoms with Gasteiger partial charge in [-0.2, -0.15) is 16.8 Å². The minimum Gasteiger partial charge on any atom is -0.269 e. The third-order valence-corrected chi connectivity index (χ3v) is 7.17. The average Bonchev–Trinajstić information content (AvgIpc) is 2.52. The minimum absolute atomic E-state index is 0.0292. The van der Waals surface area contributed by atoms with E-state index in [-0.39, 0.29) is 13.2 Å². The maximum atomic E-state index is 11.7. The maximum Gasteiger partial charge on any atom is 0.284 e. The first kappa shape index (κ1) is 24.8. The van der Waals surface area contributed by atoms with Crippen LogP contribution in [0, 0.1) is 0 Å². The van der Waals surface area contributed by atoms with Crippen LogP contribution in [-0.4, -0.2) is 35.1 Å². The molecule has 0 fully saturated rings. The van der Waals surface area contributed by atoms with Crippen molar-refractivity contribution < 1.29 is 25.2 Å². The van der Waals surface area contributed by atoms with Gasteiger partial charge in [0.2, 0.25) is 5.08 Å². The fraction of sp³-hybridized carbons (Fsp3) is 1.00. The molecular weight excluding hydrogens is 364 g/mol. The predicted octanol–water partition coefficient (Wildman–Crippen LogP) is 4.36. The van der Waals surface area contributed by atoms with E-state index in [1.807, 2.05) is 0 Å². The molecule has 6 nitrogen and oxygen atoms in total. The van der Waals surface area contributed by atoms with Crippen LogP contribution < -0.4 is 0 Å². The van der Waals surface area contributed by atoms with Crippen molar-refractivity contribution in [1.82, 2.24) is 0 Å². The summed E-state index contributed by atoms with van der Waals surface area (Å²) in [6.07, 6.45) is 12.0. The van der Waals surface area contributed by atoms with E-state index >= 15 is 0 Å². The standard InChI is InChI=1S/C17H36O6S2/c1-3-5-7-9-11-13-15-22-24(18,19)17-25(20,21)23-16-14-12-10-8-6-4-2/h3-17H2,1-2H3. The van der Waals surface area contributed by atoms with Gasteiger partial charge in [-0.1, -0.05) is 78.1 Å². The van der Waals surface area contributed by atoms with Gasteiger partial charge < -0.3 is 0 Å². The van der Waals surface area contributed by atoms with Crippen molar-refractivity contribution >= 4 is 20.2 Å². The van der Waals surface area contributed by atoms with Crippen LogP contribution in [0.1, 0.15) is 90.9 Å². The Bertz CT molecular complexity index is 453. The monoisotopic (exact) mass is 400 g/mol. The SMILES string of the molecule is CCCCCCCCOS(=O)(=O)CS(=O)(=O)OCCCCCCCC. The van der Waals surface area contributed by atoms with Crippen LogP contribution in [0.4, 0.5) is 0 Å². The Morgan fingerprint density at radius 3 is 1.20 bits per heavy atom. The van der Waals surface area contributed by atoms with Gasteiger partial charge in [-0.15, -0.1) is 0 Å². The van der Waals surface area contributed by atoms with E-state index in [4.69, 9.17) is 8.37 Å². The van der Waals surface area contributed by atoms with E-state index in [0.29, 0.717) is 12.8 Å². The molecule has 0 saturated heterocycles. The van der Waals surface area contributed by atoms with E-state index < -0.39 is 25.3 Å². The highest BCUT2D eigenvalue weighted by molar-refractivity contribution is 8.03. The van der Waals surface area contributed by atoms with Crippen LogP contribution in [0.25, 0.3) is 0 Å². The topological polar surface area (TPSA) is 86.7 Å². The molecule has 0 aromatic carbocycles. The zero-order chi connectivity index (χ0) is 19.0. The Labute approximate surface area is 154 Å². The smallest absolute Gasteiger partial charge is 0.269 e. The maximum absolute atomic E-state index is 11.7. The fourth-order valence-electron chi connectivity index (χ4n) is 2.38. The second kappa shape index (κ2) is 14.9. The largest absolute Gasteiger partial charge is 0.284 e. The first-order valence-corrected chi connectivity index (χ1v) is 12.7. The summed E-state index contributed by atoms with van der Waals surface area (Å²) in [7, 11) is -8.21. The summed E-state index contributed by atoms with van der Waals surface area (Å²) in [5.74, 6) is 0. The Balaban J connectivity index is 3.85. The van der Waals surface area contributed by atoms with Crippen molar-refractivity contribution in [3.63, 3.8) is 0 Å². The van der Waals surface area contributed by atoms with Crippen LogP contribution >= 0.6 is 0 Å². The molecule has 0 atom stereocenters. The molecular formula is C17H36O6S2. The molecule has 0 aliphatic carbocycles. The van der Waals surface area contributed by atoms with E-state index in [1.54, 1.807) is 0 Å². The molecule has 0 N–H and O–H groups in total. The van der Waals surface area contributed by atoms with Crippen molar-refractivity contribution in [2.24, 2.45) is 0 Å². The van der Waals surface area contributed by atoms with Crippen LogP contribution in [-0.2, 0) is 28.6 Å². The van der Waals surface area contributed by atoms with Gasteiger partial charge in [-0.3, -0.25) is 8.37 Å². The Kier molecular flexibility index (Phi) is 14.8. The molecule has 0 amide bonds. The zero-order valence-corrected chi connectivity index (χ0v) is 17.5. The molecule has 152 valence electrons. The lowest BCUT2D eigenvalue weighted by Gasteiger charge is -2.07. The summed E-state index contributed by atoms with van der Waals surface area (Å²) in [5.41, 5.74) is 0. The second-order valence-corrected chi connectivity index (χ2v) is 10.1. The normalized spacial score (nSPS) is 12.6. The number of rotatable bonds is 18. The van der Waals surface area contributed by atoms with Gasteiger partial charge in [-0.25, -0.2) is 0 Å². The number of unbranched alkanes of at least 4 members (excludes halogenated alkanes) is 10. The first-order valence-electron chi connectivity index (χ1n) is 9.57. The summed E-state index contributed by atoms with van der Waals surface area (Å²) >= 11 is 0. The highest BCUT2D eigenvalue weighted by Crippen LogP contribution is 2.09.